The molecule has 0 saturated carbocycles. The van der Waals surface area contributed by atoms with Gasteiger partial charge in [-0.2, -0.15) is 8.78 Å². The van der Waals surface area contributed by atoms with Crippen molar-refractivity contribution in [3.05, 3.63) is 88.8 Å². The second kappa shape index (κ2) is 13.4. The average Bonchev–Trinajstić information content (AvgIpc) is 3.65. The fraction of sp³-hybridized carbons (Fsp3) is 0.294. The van der Waals surface area contributed by atoms with Crippen molar-refractivity contribution in [2.45, 2.75) is 62.3 Å². The Hall–Kier alpha value is -4.49. The van der Waals surface area contributed by atoms with Crippen molar-refractivity contribution in [1.29, 1.82) is 0 Å². The third-order valence-corrected chi connectivity index (χ3v) is 11.1. The number of hydrogen-bond donors (Lipinski definition) is 5. The Labute approximate surface area is 283 Å². The topological polar surface area (TPSA) is 179 Å². The molecule has 6 N–H and O–H groups in total. The number of nitrogens with one attached hydrogen (secondary N) is 2. The van der Waals surface area contributed by atoms with Gasteiger partial charge in [-0.1, -0.05) is 42.5 Å². The van der Waals surface area contributed by atoms with Crippen LogP contribution in [0.15, 0.2) is 72.8 Å². The highest BCUT2D eigenvalue weighted by atomic mass is 32.1. The number of rotatable bonds is 9. The molecule has 3 aromatic carbocycles. The molecule has 3 heterocycles. The zero-order valence-corrected chi connectivity index (χ0v) is 27.7. The molecule has 2 aliphatic heterocycles. The zero-order valence-electron chi connectivity index (χ0n) is 26.0. The quantitative estimate of drug-likeness (QED) is 0.150. The van der Waals surface area contributed by atoms with Gasteiger partial charge in [0.15, 0.2) is 0 Å². The van der Waals surface area contributed by atoms with E-state index in [1.807, 2.05) is 36.4 Å². The molecule has 4 aromatic rings. The first-order valence-corrected chi connectivity index (χ1v) is 18.0. The number of hydrogen-bond acceptors (Lipinski definition) is 6. The smallest absolute Gasteiger partial charge is 0.369 e. The molecule has 0 aliphatic carbocycles. The fourth-order valence-electron chi connectivity index (χ4n) is 6.57. The Morgan fingerprint density at radius 3 is 2.43 bits per heavy atom. The number of anilines is 1. The molecule has 3 atom stereocenters. The van der Waals surface area contributed by atoms with E-state index >= 15 is 0 Å². The molecular formula is C34H33F2N4O7PS. The van der Waals surface area contributed by atoms with Crippen LogP contribution in [0, 0.1) is 0 Å². The van der Waals surface area contributed by atoms with E-state index in [-0.39, 0.29) is 22.7 Å². The highest BCUT2D eigenvalue weighted by Gasteiger charge is 2.50. The molecule has 1 aromatic heterocycles. The van der Waals surface area contributed by atoms with E-state index in [4.69, 9.17) is 15.5 Å². The van der Waals surface area contributed by atoms with E-state index < -0.39 is 54.5 Å². The maximum absolute atomic E-state index is 14.3. The number of amides is 4. The van der Waals surface area contributed by atoms with Crippen LogP contribution >= 0.6 is 18.9 Å². The number of halogens is 2. The molecule has 0 radical (unpaired) electrons. The summed E-state index contributed by atoms with van der Waals surface area (Å²) in [4.78, 5) is 72.7. The Balaban J connectivity index is 1.19. The first kappa shape index (κ1) is 34.4. The van der Waals surface area contributed by atoms with E-state index in [1.54, 1.807) is 17.0 Å². The molecule has 0 bridgehead atoms. The van der Waals surface area contributed by atoms with E-state index in [1.165, 1.54) is 12.1 Å². The van der Waals surface area contributed by atoms with Crippen LogP contribution < -0.4 is 16.4 Å². The van der Waals surface area contributed by atoms with Crippen molar-refractivity contribution in [2.24, 2.45) is 5.73 Å². The lowest BCUT2D eigenvalue weighted by atomic mass is 9.99. The normalized spacial score (nSPS) is 19.7. The molecular weight excluding hydrogens is 677 g/mol. The number of benzene rings is 3. The Bertz CT molecular complexity index is 2000. The second-order valence-corrected chi connectivity index (χ2v) is 15.0. The summed E-state index contributed by atoms with van der Waals surface area (Å²) in [5, 5.41) is 5.85. The molecule has 6 rings (SSSR count). The Morgan fingerprint density at radius 1 is 0.959 bits per heavy atom. The second-order valence-electron chi connectivity index (χ2n) is 12.3. The molecule has 15 heteroatoms. The molecule has 11 nitrogen and oxygen atoms in total. The minimum Gasteiger partial charge on any atom is -0.369 e. The molecule has 0 spiro atoms. The van der Waals surface area contributed by atoms with Gasteiger partial charge in [-0.25, -0.2) is 0 Å². The summed E-state index contributed by atoms with van der Waals surface area (Å²) in [5.41, 5.74) is 2.95. The maximum atomic E-state index is 14.3. The van der Waals surface area contributed by atoms with Crippen LogP contribution in [0.4, 0.5) is 14.5 Å². The fourth-order valence-corrected chi connectivity index (χ4v) is 7.99. The third kappa shape index (κ3) is 7.00. The number of primary amides is 1. The van der Waals surface area contributed by atoms with Crippen LogP contribution in [0.5, 0.6) is 0 Å². The molecule has 1 unspecified atom stereocenters. The summed E-state index contributed by atoms with van der Waals surface area (Å²) in [7, 11) is -5.78. The summed E-state index contributed by atoms with van der Waals surface area (Å²) in [6.45, 7) is 0. The minimum absolute atomic E-state index is 0.106. The van der Waals surface area contributed by atoms with Crippen LogP contribution in [0.2, 0.25) is 0 Å². The lowest BCUT2D eigenvalue weighted by Gasteiger charge is -2.30. The molecule has 2 aliphatic rings. The lowest BCUT2D eigenvalue weighted by molar-refractivity contribution is -0.139. The van der Waals surface area contributed by atoms with Crippen LogP contribution in [-0.4, -0.2) is 56.4 Å². The van der Waals surface area contributed by atoms with Gasteiger partial charge in [0.2, 0.25) is 17.7 Å². The van der Waals surface area contributed by atoms with E-state index in [0.29, 0.717) is 48.1 Å². The number of fused-ring (bicyclic) bond motifs is 2. The number of nitrogens with two attached hydrogens (primary N) is 1. The Morgan fingerprint density at radius 2 is 1.71 bits per heavy atom. The van der Waals surface area contributed by atoms with E-state index in [9.17, 15) is 32.5 Å². The van der Waals surface area contributed by atoms with Crippen molar-refractivity contribution in [2.75, 3.05) is 5.32 Å². The predicted molar refractivity (Wildman–Crippen MR) is 180 cm³/mol. The summed E-state index contributed by atoms with van der Waals surface area (Å²) in [5.74, 6) is -2.01. The number of alkyl halides is 2. The van der Waals surface area contributed by atoms with Crippen LogP contribution in [0.25, 0.3) is 21.2 Å². The zero-order chi connectivity index (χ0) is 35.1. The standard InChI is InChI=1S/C34H33F2N4O7PS/c35-34(36,48(45,46)47)23-10-14-28-22(16-23)17-29(49-28)32(43)39-26-8-4-7-24-11-13-27(40(24)33(26)44)31(42)38-25-12-9-20(15-21(25)18-30(37)41)19-5-2-1-3-6-19/h1-3,5-6,9-10,12,14-17,24,26-27H,4,7-8,11,13,18H2,(H2,37,41)(H,38,42)(H,39,43)(H2,45,46,47)/t24?,26-,27-/m0/s1. The molecule has 2 fully saturated rings. The van der Waals surface area contributed by atoms with Gasteiger partial charge in [-0.05, 0) is 84.5 Å². The third-order valence-electron chi connectivity index (χ3n) is 8.98. The first-order valence-electron chi connectivity index (χ1n) is 15.6. The monoisotopic (exact) mass is 710 g/mol. The molecule has 256 valence electrons. The summed E-state index contributed by atoms with van der Waals surface area (Å²) >= 11 is 0.985. The maximum Gasteiger partial charge on any atom is 0.399 e. The van der Waals surface area contributed by atoms with Gasteiger partial charge in [-0.3, -0.25) is 23.7 Å². The summed E-state index contributed by atoms with van der Waals surface area (Å²) < 4.78 is 40.3. The number of carbonyl (C=O) groups excluding carboxylic acids is 4. The largest absolute Gasteiger partial charge is 0.399 e. The van der Waals surface area contributed by atoms with Gasteiger partial charge < -0.3 is 31.1 Å². The van der Waals surface area contributed by atoms with Crippen molar-refractivity contribution >= 4 is 58.3 Å². The van der Waals surface area contributed by atoms with E-state index in [2.05, 4.69) is 10.6 Å². The van der Waals surface area contributed by atoms with Gasteiger partial charge in [0.05, 0.1) is 11.3 Å². The van der Waals surface area contributed by atoms with Gasteiger partial charge in [0.25, 0.3) is 5.91 Å². The van der Waals surface area contributed by atoms with Crippen LogP contribution in [0.1, 0.15) is 52.9 Å². The van der Waals surface area contributed by atoms with Gasteiger partial charge in [-0.15, -0.1) is 11.3 Å². The average molecular weight is 711 g/mol. The van der Waals surface area contributed by atoms with Gasteiger partial charge in [0.1, 0.15) is 12.1 Å². The molecule has 49 heavy (non-hydrogen) atoms. The number of thiophene rings is 1. The van der Waals surface area contributed by atoms with Crippen molar-refractivity contribution in [1.82, 2.24) is 10.2 Å². The summed E-state index contributed by atoms with van der Waals surface area (Å²) in [6, 6.07) is 17.3. The van der Waals surface area contributed by atoms with E-state index in [0.717, 1.165) is 34.6 Å². The minimum atomic E-state index is -5.78. The first-order chi connectivity index (χ1) is 23.2. The van der Waals surface area contributed by atoms with Gasteiger partial charge in [0, 0.05) is 22.0 Å². The highest BCUT2D eigenvalue weighted by molar-refractivity contribution is 7.52. The molecule has 2 saturated heterocycles. The molecule has 4 amide bonds. The highest BCUT2D eigenvalue weighted by Crippen LogP contribution is 2.59. The number of nitrogens with zero attached hydrogens (tertiary/aromatic N) is 1. The lowest BCUT2D eigenvalue weighted by Crippen LogP contribution is -2.53. The number of carbonyl (C=O) groups is 4. The SMILES string of the molecule is NC(=O)Cc1cc(-c2ccccc2)ccc1NC(=O)[C@@H]1CCC2CCC[C@H](NC(=O)c3cc4cc(C(F)(F)P(=O)(O)O)ccc4s3)C(=O)N21. The Kier molecular flexibility index (Phi) is 9.42. The van der Waals surface area contributed by atoms with Crippen LogP contribution in [0.3, 0.4) is 0 Å². The summed E-state index contributed by atoms with van der Waals surface area (Å²) in [6.07, 6.45) is 2.49. The van der Waals surface area contributed by atoms with Crippen molar-refractivity contribution in [3.63, 3.8) is 0 Å². The van der Waals surface area contributed by atoms with Crippen LogP contribution in [-0.2, 0) is 31.0 Å². The van der Waals surface area contributed by atoms with Crippen molar-refractivity contribution < 1.29 is 42.3 Å². The van der Waals surface area contributed by atoms with Crippen molar-refractivity contribution in [3.8, 4) is 11.1 Å². The predicted octanol–water partition coefficient (Wildman–Crippen LogP) is 5.10. The van der Waals surface area contributed by atoms with Gasteiger partial charge >= 0.3 is 13.3 Å².